The normalized spacial score (nSPS) is 19.3. The van der Waals surface area contributed by atoms with Gasteiger partial charge in [-0.2, -0.15) is 13.2 Å². The maximum atomic E-state index is 12.9. The van der Waals surface area contributed by atoms with Crippen LogP contribution in [0.25, 0.3) is 10.9 Å². The molecule has 0 aliphatic carbocycles. The Balaban J connectivity index is 2.33. The minimum Gasteiger partial charge on any atom is -0.315 e. The zero-order chi connectivity index (χ0) is 15.2. The molecule has 8 heteroatoms. The molecule has 1 aromatic carbocycles. The minimum atomic E-state index is -4.63. The van der Waals surface area contributed by atoms with Crippen molar-refractivity contribution in [1.29, 1.82) is 0 Å². The molecule has 1 fully saturated rings. The van der Waals surface area contributed by atoms with E-state index in [9.17, 15) is 22.8 Å². The SMILES string of the molecule is O=c1[nH]c2c(C(F)(F)F)cccc2c(=O)n1C1CCNC1. The Morgan fingerprint density at radius 2 is 2.00 bits per heavy atom. The van der Waals surface area contributed by atoms with Gasteiger partial charge in [-0.1, -0.05) is 6.07 Å². The van der Waals surface area contributed by atoms with Crippen molar-refractivity contribution in [2.75, 3.05) is 13.1 Å². The Morgan fingerprint density at radius 3 is 2.62 bits per heavy atom. The Labute approximate surface area is 116 Å². The predicted octanol–water partition coefficient (Wildman–Crippen LogP) is 1.24. The molecule has 1 saturated heterocycles. The molecule has 21 heavy (non-hydrogen) atoms. The van der Waals surface area contributed by atoms with Crippen LogP contribution >= 0.6 is 0 Å². The largest absolute Gasteiger partial charge is 0.418 e. The molecule has 1 aromatic heterocycles. The molecule has 0 spiro atoms. The Bertz CT molecular complexity index is 801. The van der Waals surface area contributed by atoms with Crippen molar-refractivity contribution in [2.45, 2.75) is 18.6 Å². The Morgan fingerprint density at radius 1 is 1.24 bits per heavy atom. The van der Waals surface area contributed by atoms with Crippen LogP contribution in [0.1, 0.15) is 18.0 Å². The van der Waals surface area contributed by atoms with Gasteiger partial charge in [0, 0.05) is 6.54 Å². The van der Waals surface area contributed by atoms with Crippen LogP contribution in [0.2, 0.25) is 0 Å². The summed E-state index contributed by atoms with van der Waals surface area (Å²) in [4.78, 5) is 26.6. The van der Waals surface area contributed by atoms with E-state index in [1.807, 2.05) is 0 Å². The number of fused-ring (bicyclic) bond motifs is 1. The van der Waals surface area contributed by atoms with Gasteiger partial charge in [-0.3, -0.25) is 9.36 Å². The molecule has 1 aliphatic heterocycles. The van der Waals surface area contributed by atoms with Crippen LogP contribution in [0.15, 0.2) is 27.8 Å². The predicted molar refractivity (Wildman–Crippen MR) is 70.4 cm³/mol. The van der Waals surface area contributed by atoms with E-state index in [0.29, 0.717) is 19.5 Å². The van der Waals surface area contributed by atoms with Gasteiger partial charge < -0.3 is 10.3 Å². The standard InChI is InChI=1S/C13H12F3N3O2/c14-13(15,16)9-3-1-2-8-10(9)18-12(21)19(11(8)20)7-4-5-17-6-7/h1-3,7,17H,4-6H2,(H,18,21). The second-order valence-corrected chi connectivity index (χ2v) is 4.98. The average molecular weight is 299 g/mol. The lowest BCUT2D eigenvalue weighted by molar-refractivity contribution is -0.136. The van der Waals surface area contributed by atoms with Crippen LogP contribution in [-0.2, 0) is 6.18 Å². The lowest BCUT2D eigenvalue weighted by Crippen LogP contribution is -2.39. The molecule has 0 bridgehead atoms. The number of nitrogens with zero attached hydrogens (tertiary/aromatic N) is 1. The molecule has 2 N–H and O–H groups in total. The number of alkyl halides is 3. The third-order valence-electron chi connectivity index (χ3n) is 3.67. The van der Waals surface area contributed by atoms with Crippen LogP contribution in [0, 0.1) is 0 Å². The van der Waals surface area contributed by atoms with Crippen LogP contribution < -0.4 is 16.6 Å². The maximum absolute atomic E-state index is 12.9. The van der Waals surface area contributed by atoms with Crippen molar-refractivity contribution in [2.24, 2.45) is 0 Å². The molecule has 5 nitrogen and oxygen atoms in total. The number of halogens is 3. The Hall–Kier alpha value is -2.09. The van der Waals surface area contributed by atoms with Crippen LogP contribution in [-0.4, -0.2) is 22.6 Å². The summed E-state index contributed by atoms with van der Waals surface area (Å²) in [6, 6.07) is 2.98. The number of hydrogen-bond acceptors (Lipinski definition) is 3. The number of aromatic nitrogens is 2. The van der Waals surface area contributed by atoms with E-state index >= 15 is 0 Å². The van der Waals surface area contributed by atoms with Crippen molar-refractivity contribution < 1.29 is 13.2 Å². The lowest BCUT2D eigenvalue weighted by Gasteiger charge is -2.14. The summed E-state index contributed by atoms with van der Waals surface area (Å²) in [5, 5.41) is 2.89. The number of rotatable bonds is 1. The van der Waals surface area contributed by atoms with E-state index in [2.05, 4.69) is 10.3 Å². The summed E-state index contributed by atoms with van der Waals surface area (Å²) in [6.07, 6.45) is -4.04. The van der Waals surface area contributed by atoms with E-state index in [-0.39, 0.29) is 11.4 Å². The molecule has 1 atom stereocenters. The zero-order valence-electron chi connectivity index (χ0n) is 10.8. The minimum absolute atomic E-state index is 0.128. The summed E-state index contributed by atoms with van der Waals surface area (Å²) in [5.74, 6) is 0. The average Bonchev–Trinajstić information content (AvgIpc) is 2.90. The van der Waals surface area contributed by atoms with Gasteiger partial charge in [-0.15, -0.1) is 0 Å². The van der Waals surface area contributed by atoms with E-state index in [1.165, 1.54) is 12.1 Å². The van der Waals surface area contributed by atoms with Gasteiger partial charge in [0.05, 0.1) is 22.5 Å². The van der Waals surface area contributed by atoms with E-state index in [1.54, 1.807) is 0 Å². The molecular weight excluding hydrogens is 287 g/mol. The van der Waals surface area contributed by atoms with Crippen molar-refractivity contribution in [3.8, 4) is 0 Å². The number of H-pyrrole nitrogens is 1. The van der Waals surface area contributed by atoms with Crippen LogP contribution in [0.4, 0.5) is 13.2 Å². The van der Waals surface area contributed by atoms with Gasteiger partial charge in [-0.05, 0) is 25.1 Å². The fourth-order valence-corrected chi connectivity index (χ4v) is 2.68. The van der Waals surface area contributed by atoms with Crippen LogP contribution in [0.5, 0.6) is 0 Å². The fourth-order valence-electron chi connectivity index (χ4n) is 2.68. The molecule has 3 rings (SSSR count). The number of benzene rings is 1. The second kappa shape index (κ2) is 4.73. The van der Waals surface area contributed by atoms with E-state index in [4.69, 9.17) is 0 Å². The first-order valence-corrected chi connectivity index (χ1v) is 6.45. The van der Waals surface area contributed by atoms with Gasteiger partial charge in [0.1, 0.15) is 0 Å². The zero-order valence-corrected chi connectivity index (χ0v) is 10.8. The smallest absolute Gasteiger partial charge is 0.315 e. The monoisotopic (exact) mass is 299 g/mol. The number of nitrogens with one attached hydrogen (secondary N) is 2. The summed E-state index contributed by atoms with van der Waals surface area (Å²) >= 11 is 0. The van der Waals surface area contributed by atoms with E-state index in [0.717, 1.165) is 10.6 Å². The van der Waals surface area contributed by atoms with E-state index < -0.39 is 28.5 Å². The molecule has 1 unspecified atom stereocenters. The molecular formula is C13H12F3N3O2. The molecule has 0 saturated carbocycles. The first-order chi connectivity index (χ1) is 9.89. The van der Waals surface area contributed by atoms with Gasteiger partial charge in [0.2, 0.25) is 0 Å². The summed E-state index contributed by atoms with van der Waals surface area (Å²) in [6.45, 7) is 1.12. The fraction of sp³-hybridized carbons (Fsp3) is 0.385. The highest BCUT2D eigenvalue weighted by Crippen LogP contribution is 2.32. The second-order valence-electron chi connectivity index (χ2n) is 4.98. The maximum Gasteiger partial charge on any atom is 0.418 e. The molecule has 2 aromatic rings. The highest BCUT2D eigenvalue weighted by atomic mass is 19.4. The summed E-state index contributed by atoms with van der Waals surface area (Å²) < 4.78 is 39.8. The summed E-state index contributed by atoms with van der Waals surface area (Å²) in [5.41, 5.74) is -2.96. The Kier molecular flexibility index (Phi) is 3.12. The molecule has 1 aliphatic rings. The number of para-hydroxylation sites is 1. The molecule has 112 valence electrons. The van der Waals surface area contributed by atoms with Crippen LogP contribution in [0.3, 0.4) is 0 Å². The highest BCUT2D eigenvalue weighted by molar-refractivity contribution is 5.81. The van der Waals surface area contributed by atoms with Gasteiger partial charge in [0.15, 0.2) is 0 Å². The number of aromatic amines is 1. The van der Waals surface area contributed by atoms with Gasteiger partial charge in [-0.25, -0.2) is 4.79 Å². The first-order valence-electron chi connectivity index (χ1n) is 6.45. The lowest BCUT2D eigenvalue weighted by atomic mass is 10.1. The van der Waals surface area contributed by atoms with Gasteiger partial charge >= 0.3 is 11.9 Å². The molecule has 0 amide bonds. The van der Waals surface area contributed by atoms with Crippen molar-refractivity contribution in [1.82, 2.24) is 14.9 Å². The molecule has 0 radical (unpaired) electrons. The van der Waals surface area contributed by atoms with Crippen molar-refractivity contribution in [3.63, 3.8) is 0 Å². The topological polar surface area (TPSA) is 66.9 Å². The number of hydrogen-bond donors (Lipinski definition) is 2. The van der Waals surface area contributed by atoms with Gasteiger partial charge in [0.25, 0.3) is 5.56 Å². The summed E-state index contributed by atoms with van der Waals surface area (Å²) in [7, 11) is 0. The van der Waals surface area contributed by atoms with Crippen molar-refractivity contribution >= 4 is 10.9 Å². The molecule has 2 heterocycles. The highest BCUT2D eigenvalue weighted by Gasteiger charge is 2.34. The third kappa shape index (κ3) is 2.25. The first kappa shape index (κ1) is 13.9. The van der Waals surface area contributed by atoms with Crippen molar-refractivity contribution in [3.05, 3.63) is 44.6 Å². The third-order valence-corrected chi connectivity index (χ3v) is 3.67. The quantitative estimate of drug-likeness (QED) is 0.832.